The van der Waals surface area contributed by atoms with Crippen LogP contribution in [-0.2, 0) is 4.79 Å². The first-order chi connectivity index (χ1) is 13.0. The summed E-state index contributed by atoms with van der Waals surface area (Å²) < 4.78 is 12.9. The van der Waals surface area contributed by atoms with E-state index in [-0.39, 0.29) is 11.4 Å². The third-order valence-corrected chi connectivity index (χ3v) is 4.50. The Hall–Kier alpha value is -3.04. The zero-order valence-corrected chi connectivity index (χ0v) is 15.3. The number of hydrogen-bond donors (Lipinski definition) is 1. The van der Waals surface area contributed by atoms with Crippen molar-refractivity contribution in [3.63, 3.8) is 0 Å². The summed E-state index contributed by atoms with van der Waals surface area (Å²) in [5.74, 6) is -0.900. The molecule has 1 N–H and O–H groups in total. The van der Waals surface area contributed by atoms with Crippen LogP contribution >= 0.6 is 11.6 Å². The van der Waals surface area contributed by atoms with E-state index in [1.807, 2.05) is 35.2 Å². The normalized spacial score (nSPS) is 14.6. The van der Waals surface area contributed by atoms with E-state index in [0.717, 1.165) is 18.8 Å². The minimum Gasteiger partial charge on any atom is -0.373 e. The Kier molecular flexibility index (Phi) is 5.94. The minimum atomic E-state index is -0.513. The molecule has 0 atom stereocenters. The molecule has 0 saturated carbocycles. The van der Waals surface area contributed by atoms with Gasteiger partial charge < -0.3 is 15.1 Å². The molecular formula is C20H18ClFN4O. The molecular weight excluding hydrogens is 367 g/mol. The van der Waals surface area contributed by atoms with Gasteiger partial charge in [-0.15, -0.1) is 0 Å². The predicted octanol–water partition coefficient (Wildman–Crippen LogP) is 3.65. The van der Waals surface area contributed by atoms with Gasteiger partial charge in [-0.2, -0.15) is 5.26 Å². The minimum absolute atomic E-state index is 0.00975. The Morgan fingerprint density at radius 1 is 1.15 bits per heavy atom. The molecule has 0 spiro atoms. The SMILES string of the molecule is N#CC(=CN1CCN(c2cccc(Cl)c2)CC1)C(=O)Nc1ccc(F)cc1. The maximum absolute atomic E-state index is 12.9. The molecule has 1 fully saturated rings. The van der Waals surface area contributed by atoms with Crippen LogP contribution in [0.5, 0.6) is 0 Å². The van der Waals surface area contributed by atoms with Crippen molar-refractivity contribution in [3.05, 3.63) is 71.1 Å². The first kappa shape index (κ1) is 18.7. The largest absolute Gasteiger partial charge is 0.373 e. The van der Waals surface area contributed by atoms with Crippen molar-refractivity contribution >= 4 is 28.9 Å². The van der Waals surface area contributed by atoms with Crippen LogP contribution < -0.4 is 10.2 Å². The van der Waals surface area contributed by atoms with Crippen LogP contribution in [0.25, 0.3) is 0 Å². The lowest BCUT2D eigenvalue weighted by molar-refractivity contribution is -0.112. The molecule has 138 valence electrons. The monoisotopic (exact) mass is 384 g/mol. The highest BCUT2D eigenvalue weighted by molar-refractivity contribution is 6.30. The van der Waals surface area contributed by atoms with Gasteiger partial charge >= 0.3 is 0 Å². The van der Waals surface area contributed by atoms with Gasteiger partial charge in [0.1, 0.15) is 17.5 Å². The zero-order valence-electron chi connectivity index (χ0n) is 14.5. The highest BCUT2D eigenvalue weighted by Crippen LogP contribution is 2.21. The lowest BCUT2D eigenvalue weighted by Gasteiger charge is -2.35. The van der Waals surface area contributed by atoms with Crippen LogP contribution in [0.1, 0.15) is 0 Å². The van der Waals surface area contributed by atoms with Crippen LogP contribution in [0.4, 0.5) is 15.8 Å². The van der Waals surface area contributed by atoms with E-state index >= 15 is 0 Å². The molecule has 2 aromatic rings. The third-order valence-electron chi connectivity index (χ3n) is 4.27. The van der Waals surface area contributed by atoms with Crippen molar-refractivity contribution in [1.29, 1.82) is 5.26 Å². The standard InChI is InChI=1S/C20H18ClFN4O/c21-16-2-1-3-19(12-16)26-10-8-25(9-11-26)14-15(13-23)20(27)24-18-6-4-17(22)5-7-18/h1-7,12,14H,8-11H2,(H,24,27). The van der Waals surface area contributed by atoms with E-state index in [2.05, 4.69) is 10.2 Å². The number of amides is 1. The highest BCUT2D eigenvalue weighted by atomic mass is 35.5. The summed E-state index contributed by atoms with van der Waals surface area (Å²) in [6, 6.07) is 15.0. The molecule has 0 unspecified atom stereocenters. The summed E-state index contributed by atoms with van der Waals surface area (Å²) in [5.41, 5.74) is 1.50. The molecule has 1 aliphatic rings. The van der Waals surface area contributed by atoms with Gasteiger partial charge in [-0.05, 0) is 42.5 Å². The van der Waals surface area contributed by atoms with Crippen LogP contribution in [0.3, 0.4) is 0 Å². The van der Waals surface area contributed by atoms with Crippen LogP contribution in [0.2, 0.25) is 5.02 Å². The maximum atomic E-state index is 12.9. The van der Waals surface area contributed by atoms with Crippen molar-refractivity contribution < 1.29 is 9.18 Å². The highest BCUT2D eigenvalue weighted by Gasteiger charge is 2.18. The van der Waals surface area contributed by atoms with E-state index in [1.54, 1.807) is 6.20 Å². The molecule has 1 saturated heterocycles. The Balaban J connectivity index is 1.60. The molecule has 0 aliphatic carbocycles. The van der Waals surface area contributed by atoms with Crippen molar-refractivity contribution in [3.8, 4) is 6.07 Å². The third kappa shape index (κ3) is 4.99. The average Bonchev–Trinajstić information content (AvgIpc) is 2.68. The number of piperazine rings is 1. The Morgan fingerprint density at radius 3 is 2.48 bits per heavy atom. The predicted molar refractivity (Wildman–Crippen MR) is 104 cm³/mol. The van der Waals surface area contributed by atoms with Crippen LogP contribution in [0.15, 0.2) is 60.3 Å². The maximum Gasteiger partial charge on any atom is 0.267 e. The number of anilines is 2. The van der Waals surface area contributed by atoms with E-state index in [4.69, 9.17) is 11.6 Å². The van der Waals surface area contributed by atoms with Gasteiger partial charge in [0.15, 0.2) is 0 Å². The second kappa shape index (κ2) is 8.56. The molecule has 5 nitrogen and oxygen atoms in total. The van der Waals surface area contributed by atoms with Crippen molar-refractivity contribution in [2.45, 2.75) is 0 Å². The zero-order chi connectivity index (χ0) is 19.2. The number of carbonyl (C=O) groups is 1. The van der Waals surface area contributed by atoms with Gasteiger partial charge in [0.05, 0.1) is 0 Å². The van der Waals surface area contributed by atoms with Gasteiger partial charge in [0.2, 0.25) is 0 Å². The molecule has 27 heavy (non-hydrogen) atoms. The number of hydrogen-bond acceptors (Lipinski definition) is 4. The van der Waals surface area contributed by atoms with E-state index < -0.39 is 5.91 Å². The fourth-order valence-corrected chi connectivity index (χ4v) is 3.02. The fourth-order valence-electron chi connectivity index (χ4n) is 2.83. The molecule has 1 amide bonds. The molecule has 7 heteroatoms. The summed E-state index contributed by atoms with van der Waals surface area (Å²) in [6.45, 7) is 2.88. The van der Waals surface area contributed by atoms with Crippen LogP contribution in [0, 0.1) is 17.1 Å². The Bertz CT molecular complexity index is 884. The lowest BCUT2D eigenvalue weighted by Crippen LogP contribution is -2.44. The van der Waals surface area contributed by atoms with Crippen molar-refractivity contribution in [1.82, 2.24) is 4.90 Å². The number of carbonyl (C=O) groups excluding carboxylic acids is 1. The fraction of sp³-hybridized carbons (Fsp3) is 0.200. The van der Waals surface area contributed by atoms with Gasteiger partial charge in [0.25, 0.3) is 5.91 Å². The molecule has 0 radical (unpaired) electrons. The summed E-state index contributed by atoms with van der Waals surface area (Å²) in [4.78, 5) is 16.4. The van der Waals surface area contributed by atoms with Gasteiger partial charge in [0, 0.05) is 48.8 Å². The lowest BCUT2D eigenvalue weighted by atomic mass is 10.2. The molecule has 0 bridgehead atoms. The second-order valence-corrected chi connectivity index (χ2v) is 6.55. The van der Waals surface area contributed by atoms with Crippen molar-refractivity contribution in [2.24, 2.45) is 0 Å². The summed E-state index contributed by atoms with van der Waals surface area (Å²) in [6.07, 6.45) is 1.58. The molecule has 0 aromatic heterocycles. The number of rotatable bonds is 4. The number of nitrogens with one attached hydrogen (secondary N) is 1. The Morgan fingerprint density at radius 2 is 1.85 bits per heavy atom. The summed E-state index contributed by atoms with van der Waals surface area (Å²) >= 11 is 6.04. The summed E-state index contributed by atoms with van der Waals surface area (Å²) in [5, 5.41) is 12.6. The Labute approximate surface area is 162 Å². The average molecular weight is 385 g/mol. The number of halogens is 2. The molecule has 3 rings (SSSR count). The van der Waals surface area contributed by atoms with Crippen LogP contribution in [-0.4, -0.2) is 37.0 Å². The second-order valence-electron chi connectivity index (χ2n) is 6.12. The van der Waals surface area contributed by atoms with Crippen molar-refractivity contribution in [2.75, 3.05) is 36.4 Å². The first-order valence-corrected chi connectivity index (χ1v) is 8.86. The van der Waals surface area contributed by atoms with Gasteiger partial charge in [-0.3, -0.25) is 4.79 Å². The summed E-state index contributed by atoms with van der Waals surface area (Å²) in [7, 11) is 0. The molecule has 1 aliphatic heterocycles. The smallest absolute Gasteiger partial charge is 0.267 e. The number of nitriles is 1. The molecule has 2 aromatic carbocycles. The van der Waals surface area contributed by atoms with E-state index in [0.29, 0.717) is 23.8 Å². The number of benzene rings is 2. The van der Waals surface area contributed by atoms with Gasteiger partial charge in [-0.25, -0.2) is 4.39 Å². The topological polar surface area (TPSA) is 59.4 Å². The van der Waals surface area contributed by atoms with E-state index in [1.165, 1.54) is 24.3 Å². The molecule has 1 heterocycles. The van der Waals surface area contributed by atoms with Gasteiger partial charge in [-0.1, -0.05) is 17.7 Å². The quantitative estimate of drug-likeness (QED) is 0.645. The van der Waals surface area contributed by atoms with E-state index in [9.17, 15) is 14.4 Å². The first-order valence-electron chi connectivity index (χ1n) is 8.48. The number of nitrogens with zero attached hydrogens (tertiary/aromatic N) is 3.